The fourth-order valence-corrected chi connectivity index (χ4v) is 2.18. The Morgan fingerprint density at radius 1 is 1.56 bits per heavy atom. The monoisotopic (exact) mass is 328 g/mol. The third-order valence-corrected chi connectivity index (χ3v) is 3.92. The van der Waals surface area contributed by atoms with Gasteiger partial charge in [-0.25, -0.2) is 0 Å². The summed E-state index contributed by atoms with van der Waals surface area (Å²) in [5.41, 5.74) is 7.26. The smallest absolute Gasteiger partial charge is 0.253 e. The van der Waals surface area contributed by atoms with Crippen LogP contribution in [0.5, 0.6) is 0 Å². The van der Waals surface area contributed by atoms with E-state index in [4.69, 9.17) is 18.0 Å². The molecule has 1 amide bonds. The van der Waals surface area contributed by atoms with Crippen molar-refractivity contribution in [3.8, 4) is 0 Å². The first kappa shape index (κ1) is 15.1. The summed E-state index contributed by atoms with van der Waals surface area (Å²) in [7, 11) is 1.76. The average Bonchev–Trinajstić information content (AvgIpc) is 2.30. The number of rotatable bonds is 4. The number of hydrogen-bond acceptors (Lipinski definition) is 2. The second-order valence-corrected chi connectivity index (χ2v) is 5.78. The summed E-state index contributed by atoms with van der Waals surface area (Å²) in [6.07, 6.45) is 0.532. The molecule has 18 heavy (non-hydrogen) atoms. The maximum Gasteiger partial charge on any atom is 0.253 e. The summed E-state index contributed by atoms with van der Waals surface area (Å²) >= 11 is 8.29. The van der Waals surface area contributed by atoms with E-state index in [2.05, 4.69) is 15.9 Å². The van der Waals surface area contributed by atoms with E-state index in [9.17, 15) is 4.79 Å². The van der Waals surface area contributed by atoms with Gasteiger partial charge in [0.25, 0.3) is 5.91 Å². The van der Waals surface area contributed by atoms with Crippen LogP contribution in [0.15, 0.2) is 22.7 Å². The summed E-state index contributed by atoms with van der Waals surface area (Å²) in [6, 6.07) is 5.58. The minimum atomic E-state index is -0.0283. The Morgan fingerprint density at radius 3 is 2.67 bits per heavy atom. The highest BCUT2D eigenvalue weighted by Crippen LogP contribution is 2.19. The molecule has 0 aromatic heterocycles. The Labute approximate surface area is 121 Å². The number of hydrogen-bond donors (Lipinski definition) is 1. The molecule has 0 heterocycles. The molecular formula is C13H17BrN2OS. The van der Waals surface area contributed by atoms with Crippen LogP contribution in [0.4, 0.5) is 0 Å². The largest absolute Gasteiger partial charge is 0.393 e. The molecule has 0 bridgehead atoms. The minimum Gasteiger partial charge on any atom is -0.393 e. The van der Waals surface area contributed by atoms with Crippen molar-refractivity contribution in [3.05, 3.63) is 33.8 Å². The number of carbonyl (C=O) groups excluding carboxylic acids is 1. The molecule has 1 unspecified atom stereocenters. The molecule has 3 nitrogen and oxygen atoms in total. The summed E-state index contributed by atoms with van der Waals surface area (Å²) in [6.45, 7) is 3.91. The second kappa shape index (κ2) is 6.29. The Hall–Kier alpha value is -0.940. The van der Waals surface area contributed by atoms with Crippen LogP contribution >= 0.6 is 28.1 Å². The van der Waals surface area contributed by atoms with Crippen molar-refractivity contribution in [1.29, 1.82) is 0 Å². The van der Waals surface area contributed by atoms with Crippen molar-refractivity contribution in [2.45, 2.75) is 26.3 Å². The van der Waals surface area contributed by atoms with E-state index in [0.717, 1.165) is 10.0 Å². The third kappa shape index (κ3) is 3.78. The van der Waals surface area contributed by atoms with E-state index in [1.54, 1.807) is 11.9 Å². The number of nitrogens with two attached hydrogens (primary N) is 1. The lowest BCUT2D eigenvalue weighted by atomic mass is 10.1. The number of amides is 1. The molecule has 0 spiro atoms. The number of carbonyl (C=O) groups is 1. The highest BCUT2D eigenvalue weighted by Gasteiger charge is 2.18. The van der Waals surface area contributed by atoms with E-state index in [1.165, 1.54) is 0 Å². The molecule has 0 radical (unpaired) electrons. The SMILES string of the molecule is Cc1ccc(C(=O)N(C)C(C)CC(N)=S)cc1Br. The quantitative estimate of drug-likeness (QED) is 0.864. The first-order valence-corrected chi connectivity index (χ1v) is 6.84. The molecule has 1 aromatic rings. The highest BCUT2D eigenvalue weighted by atomic mass is 79.9. The van der Waals surface area contributed by atoms with Gasteiger partial charge in [-0.3, -0.25) is 4.79 Å². The topological polar surface area (TPSA) is 46.3 Å². The van der Waals surface area contributed by atoms with E-state index >= 15 is 0 Å². The normalized spacial score (nSPS) is 12.0. The second-order valence-electron chi connectivity index (χ2n) is 4.40. The van der Waals surface area contributed by atoms with Gasteiger partial charge in [-0.15, -0.1) is 0 Å². The Kier molecular flexibility index (Phi) is 5.28. The van der Waals surface area contributed by atoms with Gasteiger partial charge in [-0.2, -0.15) is 0 Å². The molecule has 0 fully saturated rings. The van der Waals surface area contributed by atoms with Gasteiger partial charge in [0.2, 0.25) is 0 Å². The van der Waals surface area contributed by atoms with Crippen LogP contribution in [0.1, 0.15) is 29.3 Å². The van der Waals surface area contributed by atoms with Crippen LogP contribution < -0.4 is 5.73 Å². The van der Waals surface area contributed by atoms with Gasteiger partial charge in [0, 0.05) is 29.5 Å². The average molecular weight is 329 g/mol. The number of thiocarbonyl (C=S) groups is 1. The molecular weight excluding hydrogens is 312 g/mol. The van der Waals surface area contributed by atoms with Gasteiger partial charge in [-0.1, -0.05) is 34.2 Å². The van der Waals surface area contributed by atoms with Gasteiger partial charge >= 0.3 is 0 Å². The van der Waals surface area contributed by atoms with E-state index in [1.807, 2.05) is 32.0 Å². The van der Waals surface area contributed by atoms with Gasteiger partial charge in [-0.05, 0) is 31.5 Å². The Balaban J connectivity index is 2.86. The maximum atomic E-state index is 12.3. The predicted molar refractivity (Wildman–Crippen MR) is 81.8 cm³/mol. The summed E-state index contributed by atoms with van der Waals surface area (Å²) < 4.78 is 0.934. The number of aryl methyl sites for hydroxylation is 1. The first-order valence-electron chi connectivity index (χ1n) is 5.64. The van der Waals surface area contributed by atoms with E-state index < -0.39 is 0 Å². The first-order chi connectivity index (χ1) is 8.32. The molecule has 1 aromatic carbocycles. The molecule has 0 aliphatic heterocycles. The van der Waals surface area contributed by atoms with Crippen LogP contribution in [0.2, 0.25) is 0 Å². The molecule has 1 rings (SSSR count). The summed E-state index contributed by atoms with van der Waals surface area (Å²) in [5, 5.41) is 0. The lowest BCUT2D eigenvalue weighted by molar-refractivity contribution is 0.0748. The molecule has 0 saturated carbocycles. The predicted octanol–water partition coefficient (Wildman–Crippen LogP) is 2.89. The zero-order valence-corrected chi connectivity index (χ0v) is 13.1. The van der Waals surface area contributed by atoms with Crippen LogP contribution in [-0.4, -0.2) is 28.9 Å². The van der Waals surface area contributed by atoms with E-state index in [-0.39, 0.29) is 11.9 Å². The van der Waals surface area contributed by atoms with Gasteiger partial charge in [0.05, 0.1) is 4.99 Å². The highest BCUT2D eigenvalue weighted by molar-refractivity contribution is 9.10. The third-order valence-electron chi connectivity index (χ3n) is 2.90. The zero-order valence-electron chi connectivity index (χ0n) is 10.7. The van der Waals surface area contributed by atoms with Crippen LogP contribution in [0.3, 0.4) is 0 Å². The van der Waals surface area contributed by atoms with Crippen molar-refractivity contribution in [2.24, 2.45) is 5.73 Å². The number of halogens is 1. The molecule has 0 saturated heterocycles. The molecule has 98 valence electrons. The fourth-order valence-electron chi connectivity index (χ4n) is 1.56. The molecule has 0 aliphatic carbocycles. The van der Waals surface area contributed by atoms with Crippen molar-refractivity contribution in [1.82, 2.24) is 4.90 Å². The summed E-state index contributed by atoms with van der Waals surface area (Å²) in [5.74, 6) is -0.0283. The lowest BCUT2D eigenvalue weighted by Gasteiger charge is -2.24. The van der Waals surface area contributed by atoms with Gasteiger partial charge in [0.1, 0.15) is 0 Å². The Bertz CT molecular complexity index is 476. The van der Waals surface area contributed by atoms with Crippen molar-refractivity contribution < 1.29 is 4.79 Å². The van der Waals surface area contributed by atoms with Crippen LogP contribution in [0.25, 0.3) is 0 Å². The molecule has 5 heteroatoms. The molecule has 1 atom stereocenters. The van der Waals surface area contributed by atoms with Crippen LogP contribution in [-0.2, 0) is 0 Å². The van der Waals surface area contributed by atoms with Crippen molar-refractivity contribution in [3.63, 3.8) is 0 Å². The van der Waals surface area contributed by atoms with Crippen LogP contribution in [0, 0.1) is 6.92 Å². The zero-order chi connectivity index (χ0) is 13.9. The minimum absolute atomic E-state index is 0.00456. The van der Waals surface area contributed by atoms with E-state index in [0.29, 0.717) is 17.0 Å². The molecule has 0 aliphatic rings. The van der Waals surface area contributed by atoms with Crippen molar-refractivity contribution in [2.75, 3.05) is 7.05 Å². The number of benzene rings is 1. The maximum absolute atomic E-state index is 12.3. The molecule has 2 N–H and O–H groups in total. The lowest BCUT2D eigenvalue weighted by Crippen LogP contribution is -2.37. The van der Waals surface area contributed by atoms with Gasteiger partial charge in [0.15, 0.2) is 0 Å². The van der Waals surface area contributed by atoms with Crippen molar-refractivity contribution >= 4 is 39.0 Å². The number of nitrogens with zero attached hydrogens (tertiary/aromatic N) is 1. The standard InChI is InChI=1S/C13H17BrN2OS/c1-8-4-5-10(7-11(8)14)13(17)16(3)9(2)6-12(15)18/h4-5,7,9H,6H2,1-3H3,(H2,15,18). The van der Waals surface area contributed by atoms with Gasteiger partial charge < -0.3 is 10.6 Å². The Morgan fingerprint density at radius 2 is 2.17 bits per heavy atom. The summed E-state index contributed by atoms with van der Waals surface area (Å²) in [4.78, 5) is 14.3. The fraction of sp³-hybridized carbons (Fsp3) is 0.385.